The SMILES string of the molecule is CNC(Cc1cccc(F)c1Br)c1sccc1Cl. The molecule has 18 heavy (non-hydrogen) atoms. The Kier molecular flexibility index (Phi) is 4.78. The highest BCUT2D eigenvalue weighted by atomic mass is 79.9. The zero-order chi connectivity index (χ0) is 13.1. The average Bonchev–Trinajstić information content (AvgIpc) is 2.77. The Labute approximate surface area is 123 Å². The Balaban J connectivity index is 2.26. The summed E-state index contributed by atoms with van der Waals surface area (Å²) in [5.74, 6) is -0.236. The summed E-state index contributed by atoms with van der Waals surface area (Å²) in [6, 6.07) is 7.06. The third kappa shape index (κ3) is 2.94. The van der Waals surface area contributed by atoms with Crippen LogP contribution in [0.2, 0.25) is 5.02 Å². The summed E-state index contributed by atoms with van der Waals surface area (Å²) < 4.78 is 14.0. The molecule has 0 aliphatic carbocycles. The van der Waals surface area contributed by atoms with E-state index in [0.717, 1.165) is 15.5 Å². The molecule has 1 nitrogen and oxygen atoms in total. The number of benzene rings is 1. The van der Waals surface area contributed by atoms with E-state index in [4.69, 9.17) is 11.6 Å². The molecule has 96 valence electrons. The van der Waals surface area contributed by atoms with Gasteiger partial charge in [-0.25, -0.2) is 4.39 Å². The van der Waals surface area contributed by atoms with Gasteiger partial charge < -0.3 is 5.32 Å². The summed E-state index contributed by atoms with van der Waals surface area (Å²) in [7, 11) is 1.88. The molecular formula is C13H12BrClFNS. The molecule has 2 aromatic rings. The van der Waals surface area contributed by atoms with Gasteiger partial charge in [0.1, 0.15) is 5.82 Å². The summed E-state index contributed by atoms with van der Waals surface area (Å²) in [4.78, 5) is 1.08. The van der Waals surface area contributed by atoms with Gasteiger partial charge in [0.05, 0.1) is 9.50 Å². The number of likely N-dealkylation sites (N-methyl/N-ethyl adjacent to an activating group) is 1. The van der Waals surface area contributed by atoms with Crippen molar-refractivity contribution in [2.75, 3.05) is 7.05 Å². The maximum atomic E-state index is 13.5. The van der Waals surface area contributed by atoms with Gasteiger partial charge in [-0.1, -0.05) is 23.7 Å². The molecule has 0 radical (unpaired) electrons. The average molecular weight is 349 g/mol. The molecule has 1 aromatic carbocycles. The Morgan fingerprint density at radius 3 is 2.83 bits per heavy atom. The summed E-state index contributed by atoms with van der Waals surface area (Å²) in [6.07, 6.45) is 0.690. The minimum atomic E-state index is -0.236. The number of hydrogen-bond donors (Lipinski definition) is 1. The fraction of sp³-hybridized carbons (Fsp3) is 0.231. The van der Waals surface area contributed by atoms with Gasteiger partial charge in [0, 0.05) is 10.9 Å². The van der Waals surface area contributed by atoms with Crippen LogP contribution in [0.1, 0.15) is 16.5 Å². The van der Waals surface area contributed by atoms with Gasteiger partial charge in [-0.3, -0.25) is 0 Å². The van der Waals surface area contributed by atoms with E-state index in [1.54, 1.807) is 17.4 Å². The van der Waals surface area contributed by atoms with E-state index < -0.39 is 0 Å². The smallest absolute Gasteiger partial charge is 0.137 e. The van der Waals surface area contributed by atoms with E-state index in [1.165, 1.54) is 6.07 Å². The lowest BCUT2D eigenvalue weighted by Gasteiger charge is -2.16. The lowest BCUT2D eigenvalue weighted by Crippen LogP contribution is -2.18. The van der Waals surface area contributed by atoms with Crippen molar-refractivity contribution in [1.82, 2.24) is 5.32 Å². The van der Waals surface area contributed by atoms with Gasteiger partial charge in [-0.15, -0.1) is 11.3 Å². The predicted octanol–water partition coefficient (Wildman–Crippen LogP) is 4.81. The Hall–Kier alpha value is -0.420. The number of rotatable bonds is 4. The number of hydrogen-bond acceptors (Lipinski definition) is 2. The highest BCUT2D eigenvalue weighted by Gasteiger charge is 2.17. The largest absolute Gasteiger partial charge is 0.312 e. The van der Waals surface area contributed by atoms with Crippen LogP contribution in [-0.4, -0.2) is 7.05 Å². The van der Waals surface area contributed by atoms with Crippen LogP contribution in [0.25, 0.3) is 0 Å². The van der Waals surface area contributed by atoms with Crippen LogP contribution in [0.5, 0.6) is 0 Å². The van der Waals surface area contributed by atoms with Crippen LogP contribution in [0.3, 0.4) is 0 Å². The topological polar surface area (TPSA) is 12.0 Å². The second-order valence-electron chi connectivity index (χ2n) is 3.89. The van der Waals surface area contributed by atoms with E-state index in [2.05, 4.69) is 21.2 Å². The molecule has 1 heterocycles. The fourth-order valence-electron chi connectivity index (χ4n) is 1.81. The van der Waals surface area contributed by atoms with Gasteiger partial charge in [0.15, 0.2) is 0 Å². The predicted molar refractivity (Wildman–Crippen MR) is 78.9 cm³/mol. The molecule has 0 aliphatic rings. The maximum Gasteiger partial charge on any atom is 0.137 e. The van der Waals surface area contributed by atoms with Crippen molar-refractivity contribution in [2.24, 2.45) is 0 Å². The van der Waals surface area contributed by atoms with Crippen LogP contribution < -0.4 is 5.32 Å². The third-order valence-electron chi connectivity index (χ3n) is 2.77. The summed E-state index contributed by atoms with van der Waals surface area (Å²) in [6.45, 7) is 0. The molecule has 0 aliphatic heterocycles. The minimum absolute atomic E-state index is 0.0931. The summed E-state index contributed by atoms with van der Waals surface area (Å²) in [5.41, 5.74) is 0.929. The van der Waals surface area contributed by atoms with E-state index in [-0.39, 0.29) is 11.9 Å². The van der Waals surface area contributed by atoms with Crippen molar-refractivity contribution < 1.29 is 4.39 Å². The quantitative estimate of drug-likeness (QED) is 0.836. The van der Waals surface area contributed by atoms with Crippen molar-refractivity contribution in [3.63, 3.8) is 0 Å². The Morgan fingerprint density at radius 1 is 1.44 bits per heavy atom. The monoisotopic (exact) mass is 347 g/mol. The number of halogens is 3. The molecule has 1 unspecified atom stereocenters. The second kappa shape index (κ2) is 6.15. The third-order valence-corrected chi connectivity index (χ3v) is 5.13. The lowest BCUT2D eigenvalue weighted by molar-refractivity contribution is 0.587. The number of nitrogens with one attached hydrogen (secondary N) is 1. The highest BCUT2D eigenvalue weighted by molar-refractivity contribution is 9.10. The van der Waals surface area contributed by atoms with Crippen LogP contribution in [0.15, 0.2) is 34.1 Å². The van der Waals surface area contributed by atoms with E-state index in [9.17, 15) is 4.39 Å². The summed E-state index contributed by atoms with van der Waals surface area (Å²) >= 11 is 11.0. The Morgan fingerprint density at radius 2 is 2.22 bits per heavy atom. The van der Waals surface area contributed by atoms with Gasteiger partial charge in [-0.2, -0.15) is 0 Å². The first kappa shape index (κ1) is 14.0. The first-order chi connectivity index (χ1) is 8.63. The van der Waals surface area contributed by atoms with Gasteiger partial charge in [-0.05, 0) is 52.5 Å². The van der Waals surface area contributed by atoms with Crippen molar-refractivity contribution in [3.8, 4) is 0 Å². The lowest BCUT2D eigenvalue weighted by atomic mass is 10.0. The standard InChI is InChI=1S/C13H12BrClFNS/c1-17-11(13-9(15)5-6-18-13)7-8-3-2-4-10(16)12(8)14/h2-6,11,17H,7H2,1H3. The molecule has 0 amide bonds. The zero-order valence-corrected chi connectivity index (χ0v) is 12.9. The number of thiophene rings is 1. The normalized spacial score (nSPS) is 12.7. The molecule has 2 rings (SSSR count). The zero-order valence-electron chi connectivity index (χ0n) is 9.71. The van der Waals surface area contributed by atoms with E-state index in [1.807, 2.05) is 24.6 Å². The van der Waals surface area contributed by atoms with E-state index >= 15 is 0 Å². The molecule has 1 N–H and O–H groups in total. The van der Waals surface area contributed by atoms with Gasteiger partial charge in [0.25, 0.3) is 0 Å². The summed E-state index contributed by atoms with van der Waals surface area (Å²) in [5, 5.41) is 5.94. The van der Waals surface area contributed by atoms with Crippen LogP contribution in [0, 0.1) is 5.82 Å². The molecular weight excluding hydrogens is 337 g/mol. The molecule has 0 fully saturated rings. The second-order valence-corrected chi connectivity index (χ2v) is 6.04. The maximum absolute atomic E-state index is 13.5. The molecule has 0 bridgehead atoms. The fourth-order valence-corrected chi connectivity index (χ4v) is 3.53. The molecule has 0 saturated carbocycles. The van der Waals surface area contributed by atoms with Crippen molar-refractivity contribution in [3.05, 3.63) is 55.4 Å². The molecule has 1 atom stereocenters. The van der Waals surface area contributed by atoms with Crippen molar-refractivity contribution in [2.45, 2.75) is 12.5 Å². The minimum Gasteiger partial charge on any atom is -0.312 e. The van der Waals surface area contributed by atoms with Crippen LogP contribution in [-0.2, 0) is 6.42 Å². The van der Waals surface area contributed by atoms with E-state index in [0.29, 0.717) is 10.9 Å². The van der Waals surface area contributed by atoms with Crippen LogP contribution in [0.4, 0.5) is 4.39 Å². The van der Waals surface area contributed by atoms with Crippen molar-refractivity contribution in [1.29, 1.82) is 0 Å². The molecule has 0 saturated heterocycles. The molecule has 5 heteroatoms. The molecule has 1 aromatic heterocycles. The highest BCUT2D eigenvalue weighted by Crippen LogP contribution is 2.32. The molecule has 0 spiro atoms. The van der Waals surface area contributed by atoms with Gasteiger partial charge >= 0.3 is 0 Å². The van der Waals surface area contributed by atoms with Crippen molar-refractivity contribution >= 4 is 38.9 Å². The van der Waals surface area contributed by atoms with Crippen LogP contribution >= 0.6 is 38.9 Å². The first-order valence-corrected chi connectivity index (χ1v) is 7.51. The Bertz CT molecular complexity index is 544. The first-order valence-electron chi connectivity index (χ1n) is 5.46. The van der Waals surface area contributed by atoms with Gasteiger partial charge in [0.2, 0.25) is 0 Å².